The SMILES string of the molecule is CCO[C@H]1CN(C)C[C@@H]1NC(=O)N(C)CCc1nc2c(C)cccc2[nH]1. The van der Waals surface area contributed by atoms with E-state index in [1.807, 2.05) is 33.2 Å². The maximum absolute atomic E-state index is 12.5. The van der Waals surface area contributed by atoms with Crippen LogP contribution in [0.1, 0.15) is 18.3 Å². The van der Waals surface area contributed by atoms with Gasteiger partial charge in [0.25, 0.3) is 0 Å². The normalized spacial score (nSPS) is 20.6. The van der Waals surface area contributed by atoms with Crippen LogP contribution < -0.4 is 5.32 Å². The van der Waals surface area contributed by atoms with Crippen molar-refractivity contribution in [1.82, 2.24) is 25.1 Å². The molecule has 2 amide bonds. The molecular weight excluding hydrogens is 330 g/mol. The van der Waals surface area contributed by atoms with E-state index < -0.39 is 0 Å². The Balaban J connectivity index is 1.54. The average molecular weight is 359 g/mol. The number of hydrogen-bond donors (Lipinski definition) is 2. The van der Waals surface area contributed by atoms with Crippen LogP contribution in [0.15, 0.2) is 18.2 Å². The molecule has 1 aromatic heterocycles. The van der Waals surface area contributed by atoms with Gasteiger partial charge in [0.2, 0.25) is 0 Å². The molecule has 142 valence electrons. The fourth-order valence-corrected chi connectivity index (χ4v) is 3.47. The summed E-state index contributed by atoms with van der Waals surface area (Å²) < 4.78 is 5.75. The van der Waals surface area contributed by atoms with Crippen LogP contribution in [0.2, 0.25) is 0 Å². The molecule has 1 saturated heterocycles. The zero-order valence-corrected chi connectivity index (χ0v) is 16.1. The number of para-hydroxylation sites is 1. The van der Waals surface area contributed by atoms with Gasteiger partial charge in [-0.15, -0.1) is 0 Å². The monoisotopic (exact) mass is 359 g/mol. The van der Waals surface area contributed by atoms with Crippen molar-refractivity contribution in [2.75, 3.05) is 40.3 Å². The lowest BCUT2D eigenvalue weighted by molar-refractivity contribution is 0.0553. The van der Waals surface area contributed by atoms with Crippen molar-refractivity contribution in [2.45, 2.75) is 32.4 Å². The first kappa shape index (κ1) is 18.7. The maximum Gasteiger partial charge on any atom is 0.317 e. The number of imidazole rings is 1. The van der Waals surface area contributed by atoms with E-state index in [9.17, 15) is 4.79 Å². The number of amides is 2. The van der Waals surface area contributed by atoms with Gasteiger partial charge < -0.3 is 24.8 Å². The first-order chi connectivity index (χ1) is 12.5. The van der Waals surface area contributed by atoms with E-state index in [0.29, 0.717) is 19.6 Å². The molecular formula is C19H29N5O2. The number of benzene rings is 1. The summed E-state index contributed by atoms with van der Waals surface area (Å²) in [5, 5.41) is 3.11. The van der Waals surface area contributed by atoms with Gasteiger partial charge in [-0.25, -0.2) is 9.78 Å². The summed E-state index contributed by atoms with van der Waals surface area (Å²) in [4.78, 5) is 24.4. The summed E-state index contributed by atoms with van der Waals surface area (Å²) in [5.41, 5.74) is 3.20. The molecule has 2 atom stereocenters. The Hall–Kier alpha value is -2.12. The molecule has 0 spiro atoms. The van der Waals surface area contributed by atoms with E-state index in [2.05, 4.69) is 33.2 Å². The minimum atomic E-state index is -0.0673. The molecule has 26 heavy (non-hydrogen) atoms. The lowest BCUT2D eigenvalue weighted by Gasteiger charge is -2.24. The first-order valence-electron chi connectivity index (χ1n) is 9.24. The molecule has 2 aromatic rings. The summed E-state index contributed by atoms with van der Waals surface area (Å²) in [5.74, 6) is 0.904. The number of ether oxygens (including phenoxy) is 1. The number of rotatable bonds is 6. The Kier molecular flexibility index (Phi) is 5.78. The molecule has 1 aliphatic heterocycles. The molecule has 3 rings (SSSR count). The van der Waals surface area contributed by atoms with E-state index >= 15 is 0 Å². The fourth-order valence-electron chi connectivity index (χ4n) is 3.47. The van der Waals surface area contributed by atoms with Crippen LogP contribution in [0.4, 0.5) is 4.79 Å². The predicted octanol–water partition coefficient (Wildman–Crippen LogP) is 1.77. The standard InChI is InChI=1S/C19H29N5O2/c1-5-26-16-12-23(3)11-15(16)21-19(25)24(4)10-9-17-20-14-8-6-7-13(2)18(14)22-17/h6-8,15-16H,5,9-12H2,1-4H3,(H,20,22)(H,21,25)/t15-,16-/m0/s1. The molecule has 0 bridgehead atoms. The smallest absolute Gasteiger partial charge is 0.317 e. The summed E-state index contributed by atoms with van der Waals surface area (Å²) >= 11 is 0. The molecule has 1 aromatic carbocycles. The predicted molar refractivity (Wildman–Crippen MR) is 102 cm³/mol. The molecule has 2 N–H and O–H groups in total. The zero-order valence-electron chi connectivity index (χ0n) is 16.1. The minimum Gasteiger partial charge on any atom is -0.375 e. The van der Waals surface area contributed by atoms with Gasteiger partial charge in [-0.05, 0) is 32.5 Å². The summed E-state index contributed by atoms with van der Waals surface area (Å²) in [6.45, 7) is 6.96. The van der Waals surface area contributed by atoms with Crippen LogP contribution in [-0.2, 0) is 11.2 Å². The van der Waals surface area contributed by atoms with Crippen molar-refractivity contribution in [3.63, 3.8) is 0 Å². The quantitative estimate of drug-likeness (QED) is 0.824. The zero-order chi connectivity index (χ0) is 18.7. The van der Waals surface area contributed by atoms with Crippen molar-refractivity contribution in [1.29, 1.82) is 0 Å². The van der Waals surface area contributed by atoms with Crippen LogP contribution >= 0.6 is 0 Å². The van der Waals surface area contributed by atoms with Crippen molar-refractivity contribution < 1.29 is 9.53 Å². The van der Waals surface area contributed by atoms with E-state index in [1.54, 1.807) is 4.90 Å². The molecule has 2 heterocycles. The highest BCUT2D eigenvalue weighted by Crippen LogP contribution is 2.16. The van der Waals surface area contributed by atoms with Crippen LogP contribution in [0.25, 0.3) is 11.0 Å². The number of nitrogens with zero attached hydrogens (tertiary/aromatic N) is 3. The van der Waals surface area contributed by atoms with Gasteiger partial charge in [-0.1, -0.05) is 12.1 Å². The number of aromatic nitrogens is 2. The van der Waals surface area contributed by atoms with E-state index in [0.717, 1.165) is 35.5 Å². The lowest BCUT2D eigenvalue weighted by Crippen LogP contribution is -2.49. The highest BCUT2D eigenvalue weighted by Gasteiger charge is 2.33. The third-order valence-electron chi connectivity index (χ3n) is 4.93. The summed E-state index contributed by atoms with van der Waals surface area (Å²) in [7, 11) is 3.86. The minimum absolute atomic E-state index is 0.0313. The maximum atomic E-state index is 12.5. The number of aromatic amines is 1. The highest BCUT2D eigenvalue weighted by atomic mass is 16.5. The van der Waals surface area contributed by atoms with Gasteiger partial charge in [0.05, 0.1) is 23.2 Å². The Bertz CT molecular complexity index is 759. The number of H-pyrrole nitrogens is 1. The molecule has 1 fully saturated rings. The van der Waals surface area contributed by atoms with Gasteiger partial charge in [-0.2, -0.15) is 0 Å². The van der Waals surface area contributed by atoms with E-state index in [4.69, 9.17) is 4.74 Å². The van der Waals surface area contributed by atoms with Gasteiger partial charge >= 0.3 is 6.03 Å². The number of urea groups is 1. The lowest BCUT2D eigenvalue weighted by atomic mass is 10.2. The molecule has 0 saturated carbocycles. The summed E-state index contributed by atoms with van der Waals surface area (Å²) in [6, 6.07) is 6.07. The number of hydrogen-bond acceptors (Lipinski definition) is 4. The number of carbonyl (C=O) groups excluding carboxylic acids is 1. The third kappa shape index (κ3) is 4.16. The van der Waals surface area contributed by atoms with Crippen LogP contribution in [-0.4, -0.2) is 78.3 Å². The Morgan fingerprint density at radius 2 is 2.27 bits per heavy atom. The number of likely N-dealkylation sites (tertiary alicyclic amines) is 1. The van der Waals surface area contributed by atoms with Crippen molar-refractivity contribution in [2.24, 2.45) is 0 Å². The molecule has 1 aliphatic rings. The Morgan fingerprint density at radius 3 is 3.00 bits per heavy atom. The molecule has 0 aliphatic carbocycles. The second-order valence-corrected chi connectivity index (χ2v) is 7.10. The van der Waals surface area contributed by atoms with Gasteiger partial charge in [-0.3, -0.25) is 0 Å². The number of aryl methyl sites for hydroxylation is 1. The number of carbonyl (C=O) groups is 1. The van der Waals surface area contributed by atoms with E-state index in [1.165, 1.54) is 0 Å². The van der Waals surface area contributed by atoms with E-state index in [-0.39, 0.29) is 18.2 Å². The Morgan fingerprint density at radius 1 is 1.46 bits per heavy atom. The van der Waals surface area contributed by atoms with Crippen molar-refractivity contribution in [3.8, 4) is 0 Å². The molecule has 7 heteroatoms. The number of likely N-dealkylation sites (N-methyl/N-ethyl adjacent to an activating group) is 2. The Labute approximate surface area is 154 Å². The van der Waals surface area contributed by atoms with Crippen LogP contribution in [0.5, 0.6) is 0 Å². The van der Waals surface area contributed by atoms with Crippen molar-refractivity contribution in [3.05, 3.63) is 29.6 Å². The second-order valence-electron chi connectivity index (χ2n) is 7.10. The van der Waals surface area contributed by atoms with Gasteiger partial charge in [0, 0.05) is 39.7 Å². The highest BCUT2D eigenvalue weighted by molar-refractivity contribution is 5.78. The molecule has 0 unspecified atom stereocenters. The first-order valence-corrected chi connectivity index (χ1v) is 9.24. The van der Waals surface area contributed by atoms with Crippen LogP contribution in [0, 0.1) is 6.92 Å². The topological polar surface area (TPSA) is 73.5 Å². The van der Waals surface area contributed by atoms with Gasteiger partial charge in [0.1, 0.15) is 5.82 Å². The summed E-state index contributed by atoms with van der Waals surface area (Å²) in [6.07, 6.45) is 0.748. The second kappa shape index (κ2) is 8.05. The van der Waals surface area contributed by atoms with Gasteiger partial charge in [0.15, 0.2) is 0 Å². The number of nitrogens with one attached hydrogen (secondary N) is 2. The third-order valence-corrected chi connectivity index (χ3v) is 4.93. The van der Waals surface area contributed by atoms with Crippen molar-refractivity contribution >= 4 is 17.1 Å². The number of fused-ring (bicyclic) bond motifs is 1. The molecule has 7 nitrogen and oxygen atoms in total. The van der Waals surface area contributed by atoms with Crippen LogP contribution in [0.3, 0.4) is 0 Å². The fraction of sp³-hybridized carbons (Fsp3) is 0.579. The average Bonchev–Trinajstić information content (AvgIpc) is 3.17. The largest absolute Gasteiger partial charge is 0.375 e. The molecule has 0 radical (unpaired) electrons.